The van der Waals surface area contributed by atoms with Gasteiger partial charge in [-0.2, -0.15) is 0 Å². The molecule has 5 nitrogen and oxygen atoms in total. The predicted molar refractivity (Wildman–Crippen MR) is 196 cm³/mol. The van der Waals surface area contributed by atoms with E-state index in [4.69, 9.17) is 9.72 Å². The number of benzene rings is 2. The van der Waals surface area contributed by atoms with Gasteiger partial charge in [-0.15, -0.1) is 22.7 Å². The largest absolute Gasteiger partial charge is 0.494 e. The molecule has 3 fully saturated rings. The van der Waals surface area contributed by atoms with Gasteiger partial charge in [0.25, 0.3) is 0 Å². The second-order valence-electron chi connectivity index (χ2n) is 15.6. The monoisotopic (exact) mass is 697 g/mol. The third-order valence-electron chi connectivity index (χ3n) is 13.7. The Morgan fingerprint density at radius 1 is 0.979 bits per heavy atom. The van der Waals surface area contributed by atoms with E-state index in [1.165, 1.54) is 0 Å². The molecule has 10 rings (SSSR count). The van der Waals surface area contributed by atoms with Gasteiger partial charge >= 0.3 is 0 Å². The molecular weight excluding hydrogens is 655 g/mol. The number of thiophene rings is 1. The number of ketones is 1. The molecule has 0 aliphatic heterocycles. The van der Waals surface area contributed by atoms with Crippen LogP contribution in [0.15, 0.2) is 76.7 Å². The smallest absolute Gasteiger partial charge is 0.199 e. The molecule has 2 aromatic carbocycles. The molecule has 2 N–H and O–H groups in total. The number of hydrogen-bond acceptors (Lipinski definition) is 8. The summed E-state index contributed by atoms with van der Waals surface area (Å²) in [5.41, 5.74) is -0.162. The topological polar surface area (TPSA) is 79.7 Å². The van der Waals surface area contributed by atoms with Crippen molar-refractivity contribution in [2.75, 3.05) is 12.4 Å². The minimum absolute atomic E-state index is 0.0386. The summed E-state index contributed by atoms with van der Waals surface area (Å²) >= 11 is 4.94. The first-order valence-corrected chi connectivity index (χ1v) is 20.2. The Morgan fingerprint density at radius 3 is 2.60 bits per heavy atom. The van der Waals surface area contributed by atoms with Crippen molar-refractivity contribution in [2.24, 2.45) is 33.5 Å². The summed E-state index contributed by atoms with van der Waals surface area (Å²) in [5.74, 6) is 2.01. The number of fused-ring (bicyclic) bond motifs is 3. The van der Waals surface area contributed by atoms with Crippen LogP contribution in [0.4, 0.5) is 0 Å². The number of hydrogen-bond donors (Lipinski definition) is 2. The van der Waals surface area contributed by atoms with E-state index >= 15 is 0 Å². The maximum absolute atomic E-state index is 14.9. The highest BCUT2D eigenvalue weighted by Gasteiger charge is 2.74. The number of thiazole rings is 1. The summed E-state index contributed by atoms with van der Waals surface area (Å²) in [6.45, 7) is 7.39. The minimum atomic E-state index is -0.883. The van der Waals surface area contributed by atoms with E-state index in [1.54, 1.807) is 34.4 Å². The van der Waals surface area contributed by atoms with Crippen LogP contribution in [0.5, 0.6) is 5.75 Å². The number of aromatic nitrogens is 1. The molecule has 1 unspecified atom stereocenters. The van der Waals surface area contributed by atoms with Gasteiger partial charge in [-0.25, -0.2) is 4.98 Å². The molecule has 8 heteroatoms. The number of Topliss-reactive ketones (excluding diaryl/α,β-unsaturated/α-hetero) is 1. The van der Waals surface area contributed by atoms with Crippen LogP contribution < -0.4 is 4.74 Å². The summed E-state index contributed by atoms with van der Waals surface area (Å²) in [6, 6.07) is 16.4. The van der Waals surface area contributed by atoms with Gasteiger partial charge < -0.3 is 14.9 Å². The molecule has 4 aromatic rings. The van der Waals surface area contributed by atoms with Crippen molar-refractivity contribution in [1.29, 1.82) is 0 Å². The van der Waals surface area contributed by atoms with E-state index in [1.807, 2.05) is 31.2 Å². The number of allylic oxidation sites excluding steroid dienone is 4. The summed E-state index contributed by atoms with van der Waals surface area (Å²) in [7, 11) is 0. The molecule has 0 saturated heterocycles. The summed E-state index contributed by atoms with van der Waals surface area (Å²) in [5, 5.41) is 24.9. The molecule has 250 valence electrons. The standard InChI is InChI=1S/C40H43NO4S3/c1-4-45-26-9-10-28-30(20-26)48-35(41-28)46-23-39(44)16-13-33-37(39,3)15-12-32-36(2)14-11-25(42)21-38(36)17-18-40(32,33)27(22-38)34(43)31-19-24-7-5-6-8-29(24)47-31/h5-10,17-20,22,25,32-33,42,44H,4,11-16,21,23H2,1-3H3/t25?,32-,33-,36-,37+,38+,39-,40-/m1/s1. The van der Waals surface area contributed by atoms with Gasteiger partial charge in [0.2, 0.25) is 0 Å². The molecule has 48 heavy (non-hydrogen) atoms. The quantitative estimate of drug-likeness (QED) is 0.114. The van der Waals surface area contributed by atoms with E-state index in [0.29, 0.717) is 25.2 Å². The number of ether oxygens (including phenoxy) is 1. The van der Waals surface area contributed by atoms with Crippen LogP contribution in [0.2, 0.25) is 0 Å². The fourth-order valence-corrected chi connectivity index (χ4v) is 14.6. The molecule has 2 aromatic heterocycles. The van der Waals surface area contributed by atoms with Crippen molar-refractivity contribution in [1.82, 2.24) is 4.98 Å². The van der Waals surface area contributed by atoms with Crippen molar-refractivity contribution >= 4 is 60.5 Å². The molecule has 6 aliphatic rings. The number of carbonyl (C=O) groups is 1. The normalized spacial score (nSPS) is 38.1. The van der Waals surface area contributed by atoms with Crippen LogP contribution in [-0.2, 0) is 0 Å². The lowest BCUT2D eigenvalue weighted by Crippen LogP contribution is -2.67. The predicted octanol–water partition coefficient (Wildman–Crippen LogP) is 9.48. The first kappa shape index (κ1) is 31.5. The number of carbonyl (C=O) groups excluding carboxylic acids is 1. The molecule has 0 radical (unpaired) electrons. The highest BCUT2D eigenvalue weighted by molar-refractivity contribution is 8.01. The van der Waals surface area contributed by atoms with Gasteiger partial charge in [0.15, 0.2) is 10.1 Å². The molecular formula is C40H43NO4S3. The average Bonchev–Trinajstić information content (AvgIpc) is 3.77. The Hall–Kier alpha value is -2.49. The van der Waals surface area contributed by atoms with E-state index in [9.17, 15) is 15.0 Å². The number of aliphatic hydroxyl groups excluding tert-OH is 1. The zero-order valence-corrected chi connectivity index (χ0v) is 30.3. The van der Waals surface area contributed by atoms with Gasteiger partial charge in [-0.1, -0.05) is 62.0 Å². The zero-order valence-electron chi connectivity index (χ0n) is 27.8. The van der Waals surface area contributed by atoms with Crippen LogP contribution in [-0.4, -0.2) is 45.0 Å². The highest BCUT2D eigenvalue weighted by atomic mass is 32.2. The van der Waals surface area contributed by atoms with Crippen molar-refractivity contribution in [2.45, 2.75) is 81.8 Å². The van der Waals surface area contributed by atoms with E-state index in [2.05, 4.69) is 56.3 Å². The maximum Gasteiger partial charge on any atom is 0.199 e. The van der Waals surface area contributed by atoms with E-state index < -0.39 is 11.0 Å². The summed E-state index contributed by atoms with van der Waals surface area (Å²) < 4.78 is 8.92. The minimum Gasteiger partial charge on any atom is -0.494 e. The van der Waals surface area contributed by atoms with Crippen LogP contribution >= 0.6 is 34.4 Å². The molecule has 2 heterocycles. The second-order valence-corrected chi connectivity index (χ2v) is 19.0. The first-order valence-electron chi connectivity index (χ1n) is 17.6. The van der Waals surface area contributed by atoms with Crippen molar-refractivity contribution < 1.29 is 19.7 Å². The average molecular weight is 698 g/mol. The lowest BCUT2D eigenvalue weighted by Gasteiger charge is -2.71. The molecule has 2 bridgehead atoms. The van der Waals surface area contributed by atoms with Crippen LogP contribution in [0.25, 0.3) is 20.3 Å². The van der Waals surface area contributed by atoms with Gasteiger partial charge in [0, 0.05) is 32.3 Å². The molecule has 0 amide bonds. The SMILES string of the molecule is CCOc1ccc2nc(SC[C@]3(O)CC[C@H]4[C@]56C=C[C@@]7(C=C5C(=O)c5cc8ccccc8s5)CC(O)CC[C@]7(C)[C@H]6CC[C@@]43C)sc2c1. The van der Waals surface area contributed by atoms with Gasteiger partial charge in [0.05, 0.1) is 33.4 Å². The Balaban J connectivity index is 1.10. The third-order valence-corrected chi connectivity index (χ3v) is 17.2. The van der Waals surface area contributed by atoms with Crippen molar-refractivity contribution in [3.63, 3.8) is 0 Å². The molecule has 3 saturated carbocycles. The Morgan fingerprint density at radius 2 is 1.77 bits per heavy atom. The first-order chi connectivity index (χ1) is 23.0. The lowest BCUT2D eigenvalue weighted by atomic mass is 9.33. The maximum atomic E-state index is 14.9. The van der Waals surface area contributed by atoms with E-state index in [0.717, 1.165) is 72.9 Å². The fourth-order valence-electron chi connectivity index (χ4n) is 11.2. The Labute approximate surface area is 294 Å². The lowest BCUT2D eigenvalue weighted by molar-refractivity contribution is -0.166. The van der Waals surface area contributed by atoms with Crippen molar-refractivity contribution in [3.05, 3.63) is 77.2 Å². The van der Waals surface area contributed by atoms with Gasteiger partial charge in [-0.3, -0.25) is 4.79 Å². The molecule has 2 spiro atoms. The number of aliphatic hydroxyl groups is 2. The van der Waals surface area contributed by atoms with Crippen molar-refractivity contribution in [3.8, 4) is 5.75 Å². The number of thioether (sulfide) groups is 1. The third kappa shape index (κ3) is 4.16. The summed E-state index contributed by atoms with van der Waals surface area (Å²) in [4.78, 5) is 20.7. The zero-order chi connectivity index (χ0) is 33.1. The van der Waals surface area contributed by atoms with Crippen LogP contribution in [0, 0.1) is 33.5 Å². The molecule has 6 aliphatic carbocycles. The fraction of sp³-hybridized carbons (Fsp3) is 0.500. The second kappa shape index (κ2) is 10.8. The summed E-state index contributed by atoms with van der Waals surface area (Å²) in [6.07, 6.45) is 12.7. The van der Waals surface area contributed by atoms with E-state index in [-0.39, 0.29) is 40.0 Å². The highest BCUT2D eigenvalue weighted by Crippen LogP contribution is 2.78. The van der Waals surface area contributed by atoms with Gasteiger partial charge in [-0.05, 0) is 105 Å². The van der Waals surface area contributed by atoms with Crippen LogP contribution in [0.3, 0.4) is 0 Å². The number of rotatable bonds is 7. The Bertz CT molecular complexity index is 2000. The Kier molecular flexibility index (Phi) is 7.06. The van der Waals surface area contributed by atoms with Gasteiger partial charge in [0.1, 0.15) is 5.75 Å². The number of nitrogens with zero attached hydrogens (tertiary/aromatic N) is 1. The van der Waals surface area contributed by atoms with Crippen LogP contribution in [0.1, 0.15) is 75.4 Å². The molecule has 8 atom stereocenters.